The van der Waals surface area contributed by atoms with Crippen LogP contribution in [0, 0.1) is 0 Å². The van der Waals surface area contributed by atoms with Crippen molar-refractivity contribution >= 4 is 29.5 Å². The highest BCUT2D eigenvalue weighted by Gasteiger charge is 2.26. The SMILES string of the molecule is CNC(=O)NC(=O)[C@H](OC(=O)Cc1ccc(Cl)cc1)c1ccccc1. The summed E-state index contributed by atoms with van der Waals surface area (Å²) in [5, 5.41) is 4.96. The lowest BCUT2D eigenvalue weighted by Crippen LogP contribution is -2.41. The van der Waals surface area contributed by atoms with Crippen LogP contribution in [0.1, 0.15) is 17.2 Å². The molecule has 0 radical (unpaired) electrons. The fourth-order valence-electron chi connectivity index (χ4n) is 2.08. The largest absolute Gasteiger partial charge is 0.447 e. The van der Waals surface area contributed by atoms with Gasteiger partial charge in [-0.15, -0.1) is 0 Å². The van der Waals surface area contributed by atoms with Crippen molar-refractivity contribution in [3.8, 4) is 0 Å². The number of carbonyl (C=O) groups is 3. The van der Waals surface area contributed by atoms with Crippen LogP contribution < -0.4 is 10.6 Å². The number of nitrogens with one attached hydrogen (secondary N) is 2. The summed E-state index contributed by atoms with van der Waals surface area (Å²) in [6, 6.07) is 14.5. The van der Waals surface area contributed by atoms with Gasteiger partial charge in [-0.2, -0.15) is 0 Å². The Hall–Kier alpha value is -2.86. The predicted octanol–water partition coefficient (Wildman–Crippen LogP) is 2.62. The summed E-state index contributed by atoms with van der Waals surface area (Å²) in [6.45, 7) is 0. The van der Waals surface area contributed by atoms with Gasteiger partial charge in [-0.25, -0.2) is 4.79 Å². The molecule has 0 aromatic heterocycles. The van der Waals surface area contributed by atoms with Crippen LogP contribution in [0.5, 0.6) is 0 Å². The maximum absolute atomic E-state index is 12.3. The van der Waals surface area contributed by atoms with Crippen molar-refractivity contribution in [3.05, 3.63) is 70.7 Å². The molecule has 0 aliphatic rings. The Morgan fingerprint density at radius 1 is 1.04 bits per heavy atom. The molecular weight excluding hydrogens is 344 g/mol. The van der Waals surface area contributed by atoms with Gasteiger partial charge < -0.3 is 10.1 Å². The van der Waals surface area contributed by atoms with Crippen LogP contribution in [0.25, 0.3) is 0 Å². The van der Waals surface area contributed by atoms with Crippen molar-refractivity contribution in [2.24, 2.45) is 0 Å². The third-order valence-corrected chi connectivity index (χ3v) is 3.57. The maximum atomic E-state index is 12.3. The average molecular weight is 361 g/mol. The Kier molecular flexibility index (Phi) is 6.54. The summed E-state index contributed by atoms with van der Waals surface area (Å²) in [6.07, 6.45) is -1.24. The topological polar surface area (TPSA) is 84.5 Å². The molecule has 0 fully saturated rings. The molecule has 0 unspecified atom stereocenters. The molecule has 0 aliphatic heterocycles. The summed E-state index contributed by atoms with van der Waals surface area (Å²) >= 11 is 5.81. The second-order valence-electron chi connectivity index (χ2n) is 5.15. The van der Waals surface area contributed by atoms with Crippen LogP contribution in [-0.4, -0.2) is 25.0 Å². The zero-order chi connectivity index (χ0) is 18.2. The Morgan fingerprint density at radius 3 is 2.28 bits per heavy atom. The predicted molar refractivity (Wildman–Crippen MR) is 93.0 cm³/mol. The van der Waals surface area contributed by atoms with E-state index in [1.54, 1.807) is 54.6 Å². The lowest BCUT2D eigenvalue weighted by Gasteiger charge is -2.17. The van der Waals surface area contributed by atoms with E-state index in [0.29, 0.717) is 16.1 Å². The van der Waals surface area contributed by atoms with Crippen LogP contribution in [0.4, 0.5) is 4.79 Å². The molecule has 1 atom stereocenters. The molecule has 2 rings (SSSR count). The van der Waals surface area contributed by atoms with E-state index in [0.717, 1.165) is 0 Å². The summed E-state index contributed by atoms with van der Waals surface area (Å²) in [4.78, 5) is 35.9. The minimum atomic E-state index is -1.22. The fourth-order valence-corrected chi connectivity index (χ4v) is 2.21. The van der Waals surface area contributed by atoms with E-state index in [4.69, 9.17) is 16.3 Å². The van der Waals surface area contributed by atoms with E-state index >= 15 is 0 Å². The van der Waals surface area contributed by atoms with Crippen molar-refractivity contribution in [1.82, 2.24) is 10.6 Å². The minimum absolute atomic E-state index is 0.0201. The standard InChI is InChI=1S/C18H17ClN2O4/c1-20-18(24)21-17(23)16(13-5-3-2-4-6-13)25-15(22)11-12-7-9-14(19)10-8-12/h2-10,16H,11H2,1H3,(H2,20,21,23,24)/t16-/m1/s1. The van der Waals surface area contributed by atoms with Gasteiger partial charge >= 0.3 is 12.0 Å². The molecule has 0 heterocycles. The zero-order valence-corrected chi connectivity index (χ0v) is 14.2. The first-order chi connectivity index (χ1) is 12.0. The second-order valence-corrected chi connectivity index (χ2v) is 5.59. The van der Waals surface area contributed by atoms with Gasteiger partial charge in [0.1, 0.15) is 0 Å². The lowest BCUT2D eigenvalue weighted by atomic mass is 10.1. The summed E-state index contributed by atoms with van der Waals surface area (Å²) < 4.78 is 5.31. The second kappa shape index (κ2) is 8.84. The number of hydrogen-bond donors (Lipinski definition) is 2. The number of urea groups is 1. The number of benzene rings is 2. The van der Waals surface area contributed by atoms with Crippen LogP contribution >= 0.6 is 11.6 Å². The van der Waals surface area contributed by atoms with Crippen molar-refractivity contribution in [2.45, 2.75) is 12.5 Å². The number of halogens is 1. The van der Waals surface area contributed by atoms with E-state index < -0.39 is 24.0 Å². The van der Waals surface area contributed by atoms with Gasteiger partial charge in [0.05, 0.1) is 6.42 Å². The van der Waals surface area contributed by atoms with Crippen molar-refractivity contribution in [1.29, 1.82) is 0 Å². The molecule has 0 bridgehead atoms. The van der Waals surface area contributed by atoms with Crippen LogP contribution in [-0.2, 0) is 20.7 Å². The minimum Gasteiger partial charge on any atom is -0.447 e. The van der Waals surface area contributed by atoms with Crippen LogP contribution in [0.3, 0.4) is 0 Å². The third kappa shape index (κ3) is 5.61. The van der Waals surface area contributed by atoms with E-state index in [1.807, 2.05) is 0 Å². The molecule has 3 amide bonds. The van der Waals surface area contributed by atoms with Gasteiger partial charge in [0.2, 0.25) is 6.10 Å². The van der Waals surface area contributed by atoms with Gasteiger partial charge in [-0.1, -0.05) is 54.1 Å². The fraction of sp³-hybridized carbons (Fsp3) is 0.167. The highest BCUT2D eigenvalue weighted by atomic mass is 35.5. The van der Waals surface area contributed by atoms with Gasteiger partial charge in [0.25, 0.3) is 5.91 Å². The Balaban J connectivity index is 2.12. The van der Waals surface area contributed by atoms with E-state index in [1.165, 1.54) is 7.05 Å². The van der Waals surface area contributed by atoms with Gasteiger partial charge in [0, 0.05) is 17.6 Å². The zero-order valence-electron chi connectivity index (χ0n) is 13.5. The highest BCUT2D eigenvalue weighted by Crippen LogP contribution is 2.19. The Morgan fingerprint density at radius 2 is 1.68 bits per heavy atom. The Bertz CT molecular complexity index is 747. The molecule has 0 aliphatic carbocycles. The van der Waals surface area contributed by atoms with Crippen molar-refractivity contribution in [2.75, 3.05) is 7.05 Å². The number of hydrogen-bond acceptors (Lipinski definition) is 4. The van der Waals surface area contributed by atoms with Gasteiger partial charge in [-0.3, -0.25) is 14.9 Å². The van der Waals surface area contributed by atoms with Crippen LogP contribution in [0.2, 0.25) is 5.02 Å². The molecule has 130 valence electrons. The summed E-state index contributed by atoms with van der Waals surface area (Å²) in [5.41, 5.74) is 1.17. The first-order valence-electron chi connectivity index (χ1n) is 7.51. The highest BCUT2D eigenvalue weighted by molar-refractivity contribution is 6.30. The smallest absolute Gasteiger partial charge is 0.321 e. The van der Waals surface area contributed by atoms with Crippen molar-refractivity contribution in [3.63, 3.8) is 0 Å². The third-order valence-electron chi connectivity index (χ3n) is 3.32. The molecular formula is C18H17ClN2O4. The average Bonchev–Trinajstić information content (AvgIpc) is 2.62. The molecule has 0 spiro atoms. The Labute approximate surface area is 150 Å². The quantitative estimate of drug-likeness (QED) is 0.803. The monoisotopic (exact) mass is 360 g/mol. The first-order valence-corrected chi connectivity index (χ1v) is 7.89. The molecule has 7 heteroatoms. The van der Waals surface area contributed by atoms with Crippen molar-refractivity contribution < 1.29 is 19.1 Å². The molecule has 2 aromatic rings. The van der Waals surface area contributed by atoms with Gasteiger partial charge in [-0.05, 0) is 17.7 Å². The van der Waals surface area contributed by atoms with E-state index in [-0.39, 0.29) is 6.42 Å². The van der Waals surface area contributed by atoms with Gasteiger partial charge in [0.15, 0.2) is 0 Å². The lowest BCUT2D eigenvalue weighted by molar-refractivity contribution is -0.155. The normalized spacial score (nSPS) is 11.3. The summed E-state index contributed by atoms with van der Waals surface area (Å²) in [5.74, 6) is -1.32. The molecule has 25 heavy (non-hydrogen) atoms. The number of amides is 3. The molecule has 2 N–H and O–H groups in total. The van der Waals surface area contributed by atoms with E-state index in [2.05, 4.69) is 10.6 Å². The first kappa shape index (κ1) is 18.5. The molecule has 0 saturated carbocycles. The number of esters is 1. The molecule has 2 aromatic carbocycles. The number of carbonyl (C=O) groups excluding carboxylic acids is 3. The van der Waals surface area contributed by atoms with Crippen LogP contribution in [0.15, 0.2) is 54.6 Å². The number of rotatable bonds is 5. The van der Waals surface area contributed by atoms with E-state index in [9.17, 15) is 14.4 Å². The summed E-state index contributed by atoms with van der Waals surface area (Å²) in [7, 11) is 1.38. The maximum Gasteiger partial charge on any atom is 0.321 e. The molecule has 6 nitrogen and oxygen atoms in total. The molecule has 0 saturated heterocycles. The number of ether oxygens (including phenoxy) is 1. The number of imide groups is 1.